The molecule has 0 saturated heterocycles. The minimum Gasteiger partial charge on any atom is -0.316 e. The van der Waals surface area contributed by atoms with Crippen LogP contribution in [-0.4, -0.2) is 4.57 Å². The lowest BCUT2D eigenvalue weighted by molar-refractivity contribution is 0.591. The Bertz CT molecular complexity index is 1650. The number of hydrogen-bond donors (Lipinski definition) is 0. The lowest BCUT2D eigenvalue weighted by atomic mass is 9.80. The lowest BCUT2D eigenvalue weighted by Gasteiger charge is -2.24. The van der Waals surface area contributed by atoms with Crippen molar-refractivity contribution in [3.63, 3.8) is 0 Å². The molecule has 33 heavy (non-hydrogen) atoms. The van der Waals surface area contributed by atoms with Crippen LogP contribution in [0.15, 0.2) is 79.0 Å². The van der Waals surface area contributed by atoms with Gasteiger partial charge >= 0.3 is 0 Å². The zero-order chi connectivity index (χ0) is 23.1. The van der Waals surface area contributed by atoms with E-state index < -0.39 is 0 Å². The first-order valence-electron chi connectivity index (χ1n) is 12.0. The van der Waals surface area contributed by atoms with E-state index in [4.69, 9.17) is 0 Å². The summed E-state index contributed by atoms with van der Waals surface area (Å²) in [4.78, 5) is 0. The standard InChI is InChI=1S/C32H31N/c1-31(2,3)22-16-20-12-13-21-17-23(32(4,5)6)19-27-29(21)28(20)26(18-22)25-14-15-33(30(25)27)24-10-8-7-9-11-24/h7-19H,1-6H3. The molecular formula is C32H31N. The Morgan fingerprint density at radius 1 is 0.545 bits per heavy atom. The molecule has 164 valence electrons. The minimum absolute atomic E-state index is 0.0837. The molecule has 0 aliphatic heterocycles. The van der Waals surface area contributed by atoms with Crippen LogP contribution >= 0.6 is 0 Å². The van der Waals surface area contributed by atoms with Crippen LogP contribution in [0, 0.1) is 0 Å². The van der Waals surface area contributed by atoms with Crippen molar-refractivity contribution in [2.24, 2.45) is 0 Å². The summed E-state index contributed by atoms with van der Waals surface area (Å²) in [6.45, 7) is 13.8. The molecule has 0 spiro atoms. The first-order valence-corrected chi connectivity index (χ1v) is 12.0. The van der Waals surface area contributed by atoms with Crippen LogP contribution in [0.2, 0.25) is 0 Å². The predicted molar refractivity (Wildman–Crippen MR) is 144 cm³/mol. The van der Waals surface area contributed by atoms with Crippen LogP contribution in [0.25, 0.3) is 48.9 Å². The summed E-state index contributed by atoms with van der Waals surface area (Å²) in [7, 11) is 0. The third kappa shape index (κ3) is 2.99. The van der Waals surface area contributed by atoms with Crippen LogP contribution in [0.5, 0.6) is 0 Å². The highest BCUT2D eigenvalue weighted by molar-refractivity contribution is 6.33. The molecule has 0 aliphatic carbocycles. The van der Waals surface area contributed by atoms with Crippen molar-refractivity contribution in [1.29, 1.82) is 0 Å². The molecule has 0 radical (unpaired) electrons. The maximum Gasteiger partial charge on any atom is 0.0613 e. The number of hydrogen-bond acceptors (Lipinski definition) is 0. The Balaban J connectivity index is 1.89. The summed E-state index contributed by atoms with van der Waals surface area (Å²) in [5.74, 6) is 0. The maximum absolute atomic E-state index is 2.45. The van der Waals surface area contributed by atoms with E-state index >= 15 is 0 Å². The quantitative estimate of drug-likeness (QED) is 0.230. The summed E-state index contributed by atoms with van der Waals surface area (Å²) >= 11 is 0. The Morgan fingerprint density at radius 2 is 1.09 bits per heavy atom. The van der Waals surface area contributed by atoms with Crippen LogP contribution in [0.4, 0.5) is 0 Å². The van der Waals surface area contributed by atoms with Gasteiger partial charge in [0.25, 0.3) is 0 Å². The Morgan fingerprint density at radius 3 is 1.67 bits per heavy atom. The predicted octanol–water partition coefficient (Wildman–Crippen LogP) is 9.12. The van der Waals surface area contributed by atoms with Crippen LogP contribution < -0.4 is 0 Å². The normalized spacial score (nSPS) is 13.2. The van der Waals surface area contributed by atoms with Crippen molar-refractivity contribution in [3.8, 4) is 5.69 Å². The zero-order valence-electron chi connectivity index (χ0n) is 20.5. The average Bonchev–Trinajstić information content (AvgIpc) is 3.22. The highest BCUT2D eigenvalue weighted by Gasteiger charge is 2.23. The van der Waals surface area contributed by atoms with E-state index in [0.717, 1.165) is 0 Å². The largest absolute Gasteiger partial charge is 0.316 e. The van der Waals surface area contributed by atoms with Gasteiger partial charge in [0.2, 0.25) is 0 Å². The topological polar surface area (TPSA) is 4.93 Å². The summed E-state index contributed by atoms with van der Waals surface area (Å²) in [6, 6.07) is 27.4. The van der Waals surface area contributed by atoms with Gasteiger partial charge in [0.15, 0.2) is 0 Å². The minimum atomic E-state index is 0.0837. The smallest absolute Gasteiger partial charge is 0.0613 e. The van der Waals surface area contributed by atoms with Gasteiger partial charge in [-0.05, 0) is 79.2 Å². The first-order chi connectivity index (χ1) is 15.6. The van der Waals surface area contributed by atoms with E-state index in [0.29, 0.717) is 0 Å². The summed E-state index contributed by atoms with van der Waals surface area (Å²) < 4.78 is 2.38. The van der Waals surface area contributed by atoms with Crippen molar-refractivity contribution in [2.45, 2.75) is 52.4 Å². The molecule has 0 saturated carbocycles. The molecule has 0 fully saturated rings. The molecule has 1 aromatic heterocycles. The molecule has 1 heterocycles. The van der Waals surface area contributed by atoms with E-state index in [1.807, 2.05) is 0 Å². The second-order valence-corrected chi connectivity index (χ2v) is 11.6. The highest BCUT2D eigenvalue weighted by atomic mass is 15.0. The molecule has 0 atom stereocenters. The maximum atomic E-state index is 2.45. The van der Waals surface area contributed by atoms with Crippen LogP contribution in [-0.2, 0) is 10.8 Å². The summed E-state index contributed by atoms with van der Waals surface area (Å²) in [5.41, 5.74) is 5.46. The molecule has 0 aliphatic rings. The number of fused-ring (bicyclic) bond motifs is 3. The van der Waals surface area contributed by atoms with Crippen LogP contribution in [0.1, 0.15) is 52.7 Å². The Labute approximate surface area is 196 Å². The molecule has 0 N–H and O–H groups in total. The zero-order valence-corrected chi connectivity index (χ0v) is 20.5. The second kappa shape index (κ2) is 6.60. The molecule has 6 rings (SSSR count). The van der Waals surface area contributed by atoms with Gasteiger partial charge in [0.1, 0.15) is 0 Å². The molecule has 0 bridgehead atoms. The third-order valence-electron chi connectivity index (χ3n) is 7.23. The van der Waals surface area contributed by atoms with Gasteiger partial charge in [-0.15, -0.1) is 0 Å². The van der Waals surface area contributed by atoms with Crippen molar-refractivity contribution in [3.05, 3.63) is 90.1 Å². The van der Waals surface area contributed by atoms with Gasteiger partial charge in [-0.2, -0.15) is 0 Å². The van der Waals surface area contributed by atoms with Crippen molar-refractivity contribution >= 4 is 43.2 Å². The second-order valence-electron chi connectivity index (χ2n) is 11.6. The van der Waals surface area contributed by atoms with Crippen molar-refractivity contribution in [2.75, 3.05) is 0 Å². The van der Waals surface area contributed by atoms with Crippen molar-refractivity contribution in [1.82, 2.24) is 4.57 Å². The number of benzene rings is 5. The number of aromatic nitrogens is 1. The molecule has 5 aromatic carbocycles. The van der Waals surface area contributed by atoms with Gasteiger partial charge in [0, 0.05) is 22.7 Å². The molecule has 0 unspecified atom stereocenters. The molecular weight excluding hydrogens is 398 g/mol. The fraction of sp³-hybridized carbons (Fsp3) is 0.250. The van der Waals surface area contributed by atoms with E-state index in [1.165, 1.54) is 60.0 Å². The van der Waals surface area contributed by atoms with Gasteiger partial charge in [0.05, 0.1) is 5.52 Å². The fourth-order valence-electron chi connectivity index (χ4n) is 5.32. The van der Waals surface area contributed by atoms with Crippen molar-refractivity contribution < 1.29 is 0 Å². The Kier molecular flexibility index (Phi) is 4.06. The van der Waals surface area contributed by atoms with E-state index in [2.05, 4.69) is 125 Å². The van der Waals surface area contributed by atoms with E-state index in [-0.39, 0.29) is 10.8 Å². The monoisotopic (exact) mass is 429 g/mol. The summed E-state index contributed by atoms with van der Waals surface area (Å²) in [5, 5.41) is 9.51. The van der Waals surface area contributed by atoms with E-state index in [9.17, 15) is 0 Å². The lowest BCUT2D eigenvalue weighted by Crippen LogP contribution is -2.12. The molecule has 0 amide bonds. The van der Waals surface area contributed by atoms with Gasteiger partial charge in [-0.1, -0.05) is 84.0 Å². The average molecular weight is 430 g/mol. The molecule has 1 heteroatoms. The Hall–Kier alpha value is -3.32. The number of rotatable bonds is 1. The SMILES string of the molecule is CC(C)(C)c1cc2ccc3cc(C(C)(C)C)cc4c3c2c(c1)c1ccn(-c2ccccc2)c14. The summed E-state index contributed by atoms with van der Waals surface area (Å²) in [6.07, 6.45) is 2.25. The van der Waals surface area contributed by atoms with Gasteiger partial charge in [-0.3, -0.25) is 0 Å². The molecule has 1 nitrogen and oxygen atoms in total. The number of para-hydroxylation sites is 1. The number of nitrogens with zero attached hydrogens (tertiary/aromatic N) is 1. The highest BCUT2D eigenvalue weighted by Crippen LogP contribution is 2.45. The molecule has 6 aromatic rings. The first kappa shape index (κ1) is 20.3. The van der Waals surface area contributed by atoms with E-state index in [1.54, 1.807) is 0 Å². The van der Waals surface area contributed by atoms with Gasteiger partial charge < -0.3 is 4.57 Å². The fourth-order valence-corrected chi connectivity index (χ4v) is 5.32. The third-order valence-corrected chi connectivity index (χ3v) is 7.23. The van der Waals surface area contributed by atoms with Crippen LogP contribution in [0.3, 0.4) is 0 Å². The van der Waals surface area contributed by atoms with Gasteiger partial charge in [-0.25, -0.2) is 0 Å².